The molecule has 0 amide bonds. The Bertz CT molecular complexity index is 255. The van der Waals surface area contributed by atoms with Crippen molar-refractivity contribution in [1.82, 2.24) is 5.16 Å². The van der Waals surface area contributed by atoms with Crippen LogP contribution < -0.4 is 4.74 Å². The first-order chi connectivity index (χ1) is 5.22. The molecule has 0 radical (unpaired) electrons. The van der Waals surface area contributed by atoms with Crippen molar-refractivity contribution in [2.24, 2.45) is 0 Å². The molecule has 0 atom stereocenters. The molecular weight excluding hydrogens is 150 g/mol. The van der Waals surface area contributed by atoms with E-state index in [1.165, 1.54) is 6.07 Å². The normalized spacial score (nSPS) is 9.55. The summed E-state index contributed by atoms with van der Waals surface area (Å²) >= 11 is 0. The van der Waals surface area contributed by atoms with Crippen LogP contribution in [0.15, 0.2) is 10.6 Å². The lowest BCUT2D eigenvalue weighted by atomic mass is 10.3. The van der Waals surface area contributed by atoms with Crippen molar-refractivity contribution < 1.29 is 19.2 Å². The topological polar surface area (TPSA) is 72.6 Å². The molecule has 11 heavy (non-hydrogen) atoms. The molecule has 1 rings (SSSR count). The van der Waals surface area contributed by atoms with E-state index in [4.69, 9.17) is 5.11 Å². The third-order valence-corrected chi connectivity index (χ3v) is 1.09. The summed E-state index contributed by atoms with van der Waals surface area (Å²) in [5.41, 5.74) is 0.668. The van der Waals surface area contributed by atoms with Crippen LogP contribution >= 0.6 is 0 Å². The van der Waals surface area contributed by atoms with Gasteiger partial charge in [0.15, 0.2) is 0 Å². The molecule has 0 bridgehead atoms. The summed E-state index contributed by atoms with van der Waals surface area (Å²) in [7, 11) is 0. The van der Waals surface area contributed by atoms with Crippen LogP contribution in [0.1, 0.15) is 12.6 Å². The van der Waals surface area contributed by atoms with Gasteiger partial charge in [0.25, 0.3) is 0 Å². The molecule has 0 aromatic carbocycles. The van der Waals surface area contributed by atoms with Crippen LogP contribution in [0.4, 0.5) is 4.79 Å². The van der Waals surface area contributed by atoms with E-state index in [2.05, 4.69) is 14.4 Å². The predicted octanol–water partition coefficient (Wildman–Crippen LogP) is 1.29. The van der Waals surface area contributed by atoms with E-state index in [0.717, 1.165) is 0 Å². The Kier molecular flexibility index (Phi) is 2.10. The summed E-state index contributed by atoms with van der Waals surface area (Å²) in [5.74, 6) is -0.0886. The maximum absolute atomic E-state index is 9.96. The smallest absolute Gasteiger partial charge is 0.449 e. The minimum atomic E-state index is -1.40. The van der Waals surface area contributed by atoms with Gasteiger partial charge in [0.1, 0.15) is 0 Å². The average Bonchev–Trinajstić information content (AvgIpc) is 2.34. The molecule has 0 aliphatic carbocycles. The fraction of sp³-hybridized carbons (Fsp3) is 0.333. The molecule has 0 saturated carbocycles. The van der Waals surface area contributed by atoms with Gasteiger partial charge in [-0.3, -0.25) is 0 Å². The van der Waals surface area contributed by atoms with Gasteiger partial charge in [-0.05, 0) is 6.42 Å². The zero-order chi connectivity index (χ0) is 8.27. The standard InChI is InChI=1S/C6H7NO4/c1-2-4-3-5(11-7-4)10-6(8)9/h3H,2H2,1H3,(H,8,9). The van der Waals surface area contributed by atoms with E-state index in [0.29, 0.717) is 12.1 Å². The summed E-state index contributed by atoms with van der Waals surface area (Å²) in [6.45, 7) is 1.88. The fourth-order valence-electron chi connectivity index (χ4n) is 0.593. The molecule has 0 aliphatic rings. The molecule has 1 aromatic rings. The summed E-state index contributed by atoms with van der Waals surface area (Å²) in [5, 5.41) is 11.7. The zero-order valence-corrected chi connectivity index (χ0v) is 5.90. The van der Waals surface area contributed by atoms with Gasteiger partial charge in [-0.25, -0.2) is 4.79 Å². The Balaban J connectivity index is 2.65. The first-order valence-electron chi connectivity index (χ1n) is 3.08. The molecule has 0 spiro atoms. The van der Waals surface area contributed by atoms with Gasteiger partial charge in [0.05, 0.1) is 5.69 Å². The van der Waals surface area contributed by atoms with E-state index < -0.39 is 6.16 Å². The third kappa shape index (κ3) is 1.96. The number of hydrogen-bond donors (Lipinski definition) is 1. The van der Waals surface area contributed by atoms with Crippen molar-refractivity contribution in [3.63, 3.8) is 0 Å². The Labute approximate surface area is 62.6 Å². The lowest BCUT2D eigenvalue weighted by Crippen LogP contribution is -2.01. The van der Waals surface area contributed by atoms with Crippen LogP contribution in [0.25, 0.3) is 0 Å². The quantitative estimate of drug-likeness (QED) is 0.655. The number of ether oxygens (including phenoxy) is 1. The molecule has 1 heterocycles. The maximum Gasteiger partial charge on any atom is 0.513 e. The Hall–Kier alpha value is -1.52. The van der Waals surface area contributed by atoms with E-state index in [1.807, 2.05) is 6.92 Å². The molecule has 0 unspecified atom stereocenters. The van der Waals surface area contributed by atoms with Crippen LogP contribution in [0.5, 0.6) is 5.95 Å². The van der Waals surface area contributed by atoms with Crippen LogP contribution in [0.3, 0.4) is 0 Å². The molecule has 5 heteroatoms. The molecule has 0 saturated heterocycles. The largest absolute Gasteiger partial charge is 0.513 e. The Morgan fingerprint density at radius 3 is 3.09 bits per heavy atom. The number of carboxylic acid groups (broad SMARTS) is 1. The van der Waals surface area contributed by atoms with E-state index in [9.17, 15) is 4.79 Å². The zero-order valence-electron chi connectivity index (χ0n) is 5.90. The second-order valence-corrected chi connectivity index (χ2v) is 1.86. The van der Waals surface area contributed by atoms with Crippen LogP contribution in [-0.4, -0.2) is 16.4 Å². The Morgan fingerprint density at radius 2 is 2.64 bits per heavy atom. The van der Waals surface area contributed by atoms with Crippen LogP contribution in [0, 0.1) is 0 Å². The summed E-state index contributed by atoms with van der Waals surface area (Å²) < 4.78 is 8.70. The van der Waals surface area contributed by atoms with Crippen molar-refractivity contribution in [1.29, 1.82) is 0 Å². The van der Waals surface area contributed by atoms with Gasteiger partial charge in [-0.2, -0.15) is 0 Å². The summed E-state index contributed by atoms with van der Waals surface area (Å²) in [6, 6.07) is 1.44. The molecule has 60 valence electrons. The minimum Gasteiger partial charge on any atom is -0.449 e. The summed E-state index contributed by atoms with van der Waals surface area (Å²) in [6.07, 6.45) is -0.712. The van der Waals surface area contributed by atoms with E-state index in [1.54, 1.807) is 0 Å². The molecule has 1 N–H and O–H groups in total. The van der Waals surface area contributed by atoms with Gasteiger partial charge in [-0.1, -0.05) is 12.1 Å². The first kappa shape index (κ1) is 7.59. The molecule has 0 fully saturated rings. The fourth-order valence-corrected chi connectivity index (χ4v) is 0.593. The second kappa shape index (κ2) is 3.05. The molecule has 0 aliphatic heterocycles. The Morgan fingerprint density at radius 1 is 1.91 bits per heavy atom. The third-order valence-electron chi connectivity index (χ3n) is 1.09. The van der Waals surface area contributed by atoms with Crippen molar-refractivity contribution in [2.75, 3.05) is 0 Å². The monoisotopic (exact) mass is 157 g/mol. The van der Waals surface area contributed by atoms with E-state index >= 15 is 0 Å². The van der Waals surface area contributed by atoms with Gasteiger partial charge in [0.2, 0.25) is 0 Å². The molecule has 1 aromatic heterocycles. The van der Waals surface area contributed by atoms with Gasteiger partial charge >= 0.3 is 12.1 Å². The van der Waals surface area contributed by atoms with Crippen molar-refractivity contribution >= 4 is 6.16 Å². The number of carbonyl (C=O) groups is 1. The van der Waals surface area contributed by atoms with E-state index in [-0.39, 0.29) is 5.95 Å². The second-order valence-electron chi connectivity index (χ2n) is 1.86. The van der Waals surface area contributed by atoms with Crippen LogP contribution in [0.2, 0.25) is 0 Å². The average molecular weight is 157 g/mol. The summed E-state index contributed by atoms with van der Waals surface area (Å²) in [4.78, 5) is 9.96. The van der Waals surface area contributed by atoms with Crippen molar-refractivity contribution in [3.05, 3.63) is 11.8 Å². The number of nitrogens with zero attached hydrogens (tertiary/aromatic N) is 1. The number of hydrogen-bond acceptors (Lipinski definition) is 4. The highest BCUT2D eigenvalue weighted by Crippen LogP contribution is 2.12. The highest BCUT2D eigenvalue weighted by Gasteiger charge is 2.06. The first-order valence-corrected chi connectivity index (χ1v) is 3.08. The molecule has 5 nitrogen and oxygen atoms in total. The number of rotatable bonds is 2. The van der Waals surface area contributed by atoms with Gasteiger partial charge < -0.3 is 14.4 Å². The highest BCUT2D eigenvalue weighted by atomic mass is 16.7. The SMILES string of the molecule is CCc1cc(OC(=O)O)on1. The highest BCUT2D eigenvalue weighted by molar-refractivity contribution is 5.59. The number of aromatic nitrogens is 1. The molecular formula is C6H7NO4. The van der Waals surface area contributed by atoms with Gasteiger partial charge in [0, 0.05) is 6.07 Å². The number of aryl methyl sites for hydroxylation is 1. The lowest BCUT2D eigenvalue weighted by molar-refractivity contribution is 0.128. The van der Waals surface area contributed by atoms with Crippen molar-refractivity contribution in [3.8, 4) is 5.95 Å². The lowest BCUT2D eigenvalue weighted by Gasteiger charge is -1.87. The van der Waals surface area contributed by atoms with Crippen molar-refractivity contribution in [2.45, 2.75) is 13.3 Å². The predicted molar refractivity (Wildman–Crippen MR) is 34.5 cm³/mol. The van der Waals surface area contributed by atoms with Gasteiger partial charge in [-0.15, -0.1) is 0 Å². The van der Waals surface area contributed by atoms with Crippen LogP contribution in [-0.2, 0) is 6.42 Å². The minimum absolute atomic E-state index is 0.0886. The maximum atomic E-state index is 9.96.